The monoisotopic (exact) mass is 274 g/mol. The van der Waals surface area contributed by atoms with Gasteiger partial charge < -0.3 is 10.2 Å². The quantitative estimate of drug-likeness (QED) is 0.889. The number of hydrogen-bond donors (Lipinski definition) is 1. The molecule has 2 rings (SSSR count). The highest BCUT2D eigenvalue weighted by molar-refractivity contribution is 5.82. The number of aryl methyl sites for hydroxylation is 1. The smallest absolute Gasteiger partial charge is 0.225 e. The predicted octanol–water partition coefficient (Wildman–Crippen LogP) is 1.74. The van der Waals surface area contributed by atoms with Gasteiger partial charge in [0, 0.05) is 25.4 Å². The number of rotatable bonds is 5. The van der Waals surface area contributed by atoms with Crippen molar-refractivity contribution in [3.63, 3.8) is 0 Å². The Labute approximate surface area is 120 Å². The van der Waals surface area contributed by atoms with E-state index < -0.39 is 0 Å². The second-order valence-electron chi connectivity index (χ2n) is 5.59. The van der Waals surface area contributed by atoms with Gasteiger partial charge in [-0.25, -0.2) is 0 Å². The van der Waals surface area contributed by atoms with Crippen molar-refractivity contribution in [3.8, 4) is 0 Å². The molecule has 1 aliphatic heterocycles. The summed E-state index contributed by atoms with van der Waals surface area (Å²) in [5.41, 5.74) is 1.16. The summed E-state index contributed by atoms with van der Waals surface area (Å²) in [6.07, 6.45) is 1.63. The van der Waals surface area contributed by atoms with Crippen LogP contribution in [0.15, 0.2) is 30.3 Å². The minimum Gasteiger partial charge on any atom is -0.351 e. The van der Waals surface area contributed by atoms with Gasteiger partial charge in [0.15, 0.2) is 0 Å². The number of hydrogen-bond acceptors (Lipinski definition) is 2. The van der Waals surface area contributed by atoms with E-state index in [2.05, 4.69) is 5.32 Å². The fourth-order valence-corrected chi connectivity index (χ4v) is 2.53. The Morgan fingerprint density at radius 1 is 1.35 bits per heavy atom. The van der Waals surface area contributed by atoms with Crippen LogP contribution in [0, 0.1) is 0 Å². The Morgan fingerprint density at radius 2 is 2.05 bits per heavy atom. The van der Waals surface area contributed by atoms with Crippen LogP contribution in [0.25, 0.3) is 0 Å². The molecule has 0 spiro atoms. The number of likely N-dealkylation sites (tertiary alicyclic amines) is 1. The molecular weight excluding hydrogens is 252 g/mol. The predicted molar refractivity (Wildman–Crippen MR) is 78.2 cm³/mol. The van der Waals surface area contributed by atoms with Crippen molar-refractivity contribution >= 4 is 11.8 Å². The van der Waals surface area contributed by atoms with Gasteiger partial charge in [0.2, 0.25) is 11.8 Å². The number of carbonyl (C=O) groups is 2. The second-order valence-corrected chi connectivity index (χ2v) is 5.59. The van der Waals surface area contributed by atoms with Crippen molar-refractivity contribution in [1.82, 2.24) is 10.2 Å². The van der Waals surface area contributed by atoms with Gasteiger partial charge in [-0.1, -0.05) is 30.3 Å². The fourth-order valence-electron chi connectivity index (χ4n) is 2.53. The summed E-state index contributed by atoms with van der Waals surface area (Å²) in [5.74, 6) is 0.158. The van der Waals surface area contributed by atoms with Gasteiger partial charge in [-0.2, -0.15) is 0 Å². The number of benzene rings is 1. The van der Waals surface area contributed by atoms with E-state index in [0.29, 0.717) is 19.4 Å². The van der Waals surface area contributed by atoms with E-state index in [1.54, 1.807) is 0 Å². The van der Waals surface area contributed by atoms with Gasteiger partial charge >= 0.3 is 0 Å². The third-order valence-corrected chi connectivity index (χ3v) is 3.63. The molecule has 4 nitrogen and oxygen atoms in total. The lowest BCUT2D eigenvalue weighted by Gasteiger charge is -2.21. The van der Waals surface area contributed by atoms with Crippen molar-refractivity contribution in [2.75, 3.05) is 6.54 Å². The molecular formula is C16H22N2O2. The minimum absolute atomic E-state index is 0.0252. The molecule has 1 aromatic carbocycles. The normalized spacial score (nSPS) is 18.6. The van der Waals surface area contributed by atoms with Crippen molar-refractivity contribution in [2.24, 2.45) is 0 Å². The highest BCUT2D eigenvalue weighted by Crippen LogP contribution is 2.14. The summed E-state index contributed by atoms with van der Waals surface area (Å²) in [6, 6.07) is 10.1. The molecule has 1 N–H and O–H groups in total. The Kier molecular flexibility index (Phi) is 4.77. The van der Waals surface area contributed by atoms with Crippen LogP contribution in [0.2, 0.25) is 0 Å². The van der Waals surface area contributed by atoms with Crippen LogP contribution in [0.1, 0.15) is 32.3 Å². The van der Waals surface area contributed by atoms with Gasteiger partial charge in [0.05, 0.1) is 6.04 Å². The first-order valence-electron chi connectivity index (χ1n) is 7.19. The molecule has 0 saturated carbocycles. The Bertz CT molecular complexity index is 471. The summed E-state index contributed by atoms with van der Waals surface area (Å²) in [5, 5.41) is 2.96. The molecule has 1 heterocycles. The molecule has 4 heteroatoms. The Balaban J connectivity index is 1.77. The first-order valence-corrected chi connectivity index (χ1v) is 7.19. The van der Waals surface area contributed by atoms with Crippen LogP contribution < -0.4 is 5.32 Å². The maximum Gasteiger partial charge on any atom is 0.225 e. The van der Waals surface area contributed by atoms with Crippen LogP contribution >= 0.6 is 0 Å². The van der Waals surface area contributed by atoms with Gasteiger partial charge in [0.1, 0.15) is 0 Å². The third kappa shape index (κ3) is 3.83. The number of carbonyl (C=O) groups excluding carboxylic acids is 2. The van der Waals surface area contributed by atoms with Crippen LogP contribution in [0.3, 0.4) is 0 Å². The molecule has 1 unspecified atom stereocenters. The molecule has 0 aromatic heterocycles. The zero-order valence-electron chi connectivity index (χ0n) is 12.1. The van der Waals surface area contributed by atoms with Crippen molar-refractivity contribution in [1.29, 1.82) is 0 Å². The highest BCUT2D eigenvalue weighted by atomic mass is 16.2. The largest absolute Gasteiger partial charge is 0.351 e. The fraction of sp³-hybridized carbons (Fsp3) is 0.500. The van der Waals surface area contributed by atoms with Crippen LogP contribution in [0.4, 0.5) is 0 Å². The van der Waals surface area contributed by atoms with Gasteiger partial charge in [0.25, 0.3) is 0 Å². The third-order valence-electron chi connectivity index (χ3n) is 3.63. The second kappa shape index (κ2) is 6.55. The summed E-state index contributed by atoms with van der Waals surface area (Å²) in [6.45, 7) is 4.63. The molecule has 20 heavy (non-hydrogen) atoms. The molecule has 1 atom stereocenters. The minimum atomic E-state index is -0.0341. The summed E-state index contributed by atoms with van der Waals surface area (Å²) >= 11 is 0. The number of amides is 2. The SMILES string of the molecule is CC(C)N1CC(NC(=O)CCc2ccccc2)CC1=O. The van der Waals surface area contributed by atoms with E-state index in [1.165, 1.54) is 0 Å². The lowest BCUT2D eigenvalue weighted by molar-refractivity contribution is -0.129. The number of nitrogens with zero attached hydrogens (tertiary/aromatic N) is 1. The maximum absolute atomic E-state index is 11.9. The first-order chi connectivity index (χ1) is 9.56. The molecule has 0 radical (unpaired) electrons. The van der Waals surface area contributed by atoms with Crippen molar-refractivity contribution in [2.45, 2.75) is 45.2 Å². The average Bonchev–Trinajstić information content (AvgIpc) is 2.78. The van der Waals surface area contributed by atoms with Crippen molar-refractivity contribution in [3.05, 3.63) is 35.9 Å². The molecule has 1 saturated heterocycles. The number of nitrogens with one attached hydrogen (secondary N) is 1. The van der Waals surface area contributed by atoms with E-state index in [0.717, 1.165) is 12.0 Å². The van der Waals surface area contributed by atoms with E-state index in [4.69, 9.17) is 0 Å². The molecule has 2 amide bonds. The molecule has 0 bridgehead atoms. The van der Waals surface area contributed by atoms with Gasteiger partial charge in [-0.15, -0.1) is 0 Å². The van der Waals surface area contributed by atoms with E-state index >= 15 is 0 Å². The van der Waals surface area contributed by atoms with E-state index in [-0.39, 0.29) is 23.9 Å². The highest BCUT2D eigenvalue weighted by Gasteiger charge is 2.31. The molecule has 1 aliphatic rings. The van der Waals surface area contributed by atoms with Crippen LogP contribution in [0.5, 0.6) is 0 Å². The summed E-state index contributed by atoms with van der Waals surface area (Å²) in [7, 11) is 0. The lowest BCUT2D eigenvalue weighted by atomic mass is 10.1. The van der Waals surface area contributed by atoms with Crippen LogP contribution in [-0.4, -0.2) is 35.3 Å². The molecule has 108 valence electrons. The lowest BCUT2D eigenvalue weighted by Crippen LogP contribution is -2.38. The molecule has 1 aromatic rings. The van der Waals surface area contributed by atoms with Crippen LogP contribution in [-0.2, 0) is 16.0 Å². The average molecular weight is 274 g/mol. The zero-order chi connectivity index (χ0) is 14.5. The van der Waals surface area contributed by atoms with E-state index in [1.807, 2.05) is 49.1 Å². The first kappa shape index (κ1) is 14.6. The standard InChI is InChI=1S/C16H22N2O2/c1-12(2)18-11-14(10-16(18)20)17-15(19)9-8-13-6-4-3-5-7-13/h3-7,12,14H,8-11H2,1-2H3,(H,17,19). The summed E-state index contributed by atoms with van der Waals surface area (Å²) < 4.78 is 0. The zero-order valence-corrected chi connectivity index (χ0v) is 12.1. The molecule has 0 aliphatic carbocycles. The molecule has 1 fully saturated rings. The summed E-state index contributed by atoms with van der Waals surface area (Å²) in [4.78, 5) is 25.5. The maximum atomic E-state index is 11.9. The van der Waals surface area contributed by atoms with Crippen molar-refractivity contribution < 1.29 is 9.59 Å². The Hall–Kier alpha value is -1.84. The topological polar surface area (TPSA) is 49.4 Å². The van der Waals surface area contributed by atoms with E-state index in [9.17, 15) is 9.59 Å². The van der Waals surface area contributed by atoms with Gasteiger partial charge in [-0.3, -0.25) is 9.59 Å². The van der Waals surface area contributed by atoms with Gasteiger partial charge in [-0.05, 0) is 25.8 Å². The Morgan fingerprint density at radius 3 is 2.65 bits per heavy atom.